The van der Waals surface area contributed by atoms with E-state index in [1.165, 1.54) is 25.0 Å². The van der Waals surface area contributed by atoms with Gasteiger partial charge in [-0.3, -0.25) is 4.79 Å². The Kier molecular flexibility index (Phi) is 5.10. The molecule has 0 atom stereocenters. The monoisotopic (exact) mass is 378 g/mol. The normalized spacial score (nSPS) is 13.7. The Labute approximate surface area is 163 Å². The molecule has 0 radical (unpaired) electrons. The molecule has 6 heteroatoms. The van der Waals surface area contributed by atoms with Crippen LogP contribution in [0.25, 0.3) is 5.69 Å². The van der Waals surface area contributed by atoms with Crippen LogP contribution in [-0.2, 0) is 6.42 Å². The van der Waals surface area contributed by atoms with Gasteiger partial charge in [0.25, 0.3) is 5.91 Å². The number of anilines is 2. The van der Waals surface area contributed by atoms with Gasteiger partial charge in [0.05, 0.1) is 23.1 Å². The van der Waals surface area contributed by atoms with Gasteiger partial charge in [-0.15, -0.1) is 0 Å². The first-order valence-electron chi connectivity index (χ1n) is 9.65. The summed E-state index contributed by atoms with van der Waals surface area (Å²) in [6.45, 7) is 4.09. The molecule has 0 spiro atoms. The lowest BCUT2D eigenvalue weighted by atomic mass is 10.1. The molecule has 2 aromatic carbocycles. The minimum atomic E-state index is -0.301. The fourth-order valence-corrected chi connectivity index (χ4v) is 3.66. The van der Waals surface area contributed by atoms with Crippen molar-refractivity contribution in [3.05, 3.63) is 71.8 Å². The van der Waals surface area contributed by atoms with Gasteiger partial charge in [-0.25, -0.2) is 9.07 Å². The van der Waals surface area contributed by atoms with Crippen molar-refractivity contribution in [3.63, 3.8) is 0 Å². The lowest BCUT2D eigenvalue weighted by Crippen LogP contribution is -2.18. The van der Waals surface area contributed by atoms with Crippen molar-refractivity contribution in [2.45, 2.75) is 26.2 Å². The highest BCUT2D eigenvalue weighted by atomic mass is 19.1. The van der Waals surface area contributed by atoms with Crippen molar-refractivity contribution in [2.75, 3.05) is 23.3 Å². The molecule has 2 heterocycles. The predicted molar refractivity (Wildman–Crippen MR) is 109 cm³/mol. The van der Waals surface area contributed by atoms with Crippen LogP contribution in [0.4, 0.5) is 15.8 Å². The number of nitrogens with one attached hydrogen (secondary N) is 1. The Morgan fingerprint density at radius 2 is 1.86 bits per heavy atom. The summed E-state index contributed by atoms with van der Waals surface area (Å²) in [4.78, 5) is 15.2. The van der Waals surface area contributed by atoms with Gasteiger partial charge in [-0.1, -0.05) is 13.0 Å². The second-order valence-electron chi connectivity index (χ2n) is 6.95. The number of halogens is 1. The predicted octanol–water partition coefficient (Wildman–Crippen LogP) is 4.43. The number of amides is 1. The summed E-state index contributed by atoms with van der Waals surface area (Å²) in [6, 6.07) is 14.0. The average Bonchev–Trinajstić information content (AvgIpc) is 3.38. The lowest BCUT2D eigenvalue weighted by molar-refractivity contribution is 0.102. The van der Waals surface area contributed by atoms with Gasteiger partial charge >= 0.3 is 0 Å². The maximum absolute atomic E-state index is 13.2. The van der Waals surface area contributed by atoms with Crippen LogP contribution in [0.3, 0.4) is 0 Å². The number of hydrogen-bond acceptors (Lipinski definition) is 3. The molecule has 5 nitrogen and oxygen atoms in total. The van der Waals surface area contributed by atoms with Crippen LogP contribution in [0.5, 0.6) is 0 Å². The molecule has 0 saturated carbocycles. The molecule has 1 amide bonds. The molecule has 0 bridgehead atoms. The van der Waals surface area contributed by atoms with E-state index in [0.717, 1.165) is 35.8 Å². The third kappa shape index (κ3) is 3.63. The largest absolute Gasteiger partial charge is 0.371 e. The Bertz CT molecular complexity index is 974. The molecular weight excluding hydrogens is 355 g/mol. The molecular formula is C22H23FN4O. The lowest BCUT2D eigenvalue weighted by Gasteiger charge is -2.18. The zero-order valence-corrected chi connectivity index (χ0v) is 15.9. The minimum absolute atomic E-state index is 0.191. The van der Waals surface area contributed by atoms with E-state index in [-0.39, 0.29) is 11.7 Å². The van der Waals surface area contributed by atoms with Crippen LogP contribution < -0.4 is 10.2 Å². The highest BCUT2D eigenvalue weighted by Crippen LogP contribution is 2.24. The standard InChI is InChI=1S/C22H23FN4O/c1-2-21-20(15-24-27(21)18-10-8-16(23)9-11-18)22(28)25-17-6-5-7-19(14-17)26-12-3-4-13-26/h5-11,14-15H,2-4,12-13H2,1H3,(H,25,28). The summed E-state index contributed by atoms with van der Waals surface area (Å²) >= 11 is 0. The van der Waals surface area contributed by atoms with Crippen molar-refractivity contribution in [1.82, 2.24) is 9.78 Å². The van der Waals surface area contributed by atoms with Crippen LogP contribution in [0, 0.1) is 5.82 Å². The molecule has 1 N–H and O–H groups in total. The van der Waals surface area contributed by atoms with Crippen LogP contribution in [0.1, 0.15) is 35.8 Å². The van der Waals surface area contributed by atoms with Gasteiger partial charge in [0.2, 0.25) is 0 Å². The molecule has 0 aliphatic carbocycles. The van der Waals surface area contributed by atoms with E-state index in [1.807, 2.05) is 25.1 Å². The molecule has 28 heavy (non-hydrogen) atoms. The first kappa shape index (κ1) is 18.2. The van der Waals surface area contributed by atoms with Gasteiger partial charge < -0.3 is 10.2 Å². The van der Waals surface area contributed by atoms with Crippen LogP contribution >= 0.6 is 0 Å². The van der Waals surface area contributed by atoms with Gasteiger partial charge in [0.15, 0.2) is 0 Å². The van der Waals surface area contributed by atoms with Gasteiger partial charge in [0, 0.05) is 24.5 Å². The van der Waals surface area contributed by atoms with Crippen LogP contribution in [-0.4, -0.2) is 28.8 Å². The summed E-state index contributed by atoms with van der Waals surface area (Å²) in [5, 5.41) is 7.35. The fourth-order valence-electron chi connectivity index (χ4n) is 3.66. The Morgan fingerprint density at radius 1 is 1.11 bits per heavy atom. The smallest absolute Gasteiger partial charge is 0.259 e. The molecule has 1 fully saturated rings. The highest BCUT2D eigenvalue weighted by Gasteiger charge is 2.18. The summed E-state index contributed by atoms with van der Waals surface area (Å²) in [5.41, 5.74) is 3.95. The second kappa shape index (κ2) is 7.84. The molecule has 3 aromatic rings. The van der Waals surface area contributed by atoms with Gasteiger partial charge in [0.1, 0.15) is 5.82 Å². The van der Waals surface area contributed by atoms with E-state index in [9.17, 15) is 9.18 Å². The number of carbonyl (C=O) groups excluding carboxylic acids is 1. The minimum Gasteiger partial charge on any atom is -0.371 e. The molecule has 4 rings (SSSR count). The Hall–Kier alpha value is -3.15. The third-order valence-corrected chi connectivity index (χ3v) is 5.09. The summed E-state index contributed by atoms with van der Waals surface area (Å²) in [6.07, 6.45) is 4.62. The van der Waals surface area contributed by atoms with Crippen molar-refractivity contribution >= 4 is 17.3 Å². The van der Waals surface area contributed by atoms with E-state index in [1.54, 1.807) is 23.0 Å². The maximum Gasteiger partial charge on any atom is 0.259 e. The summed E-state index contributed by atoms with van der Waals surface area (Å²) in [7, 11) is 0. The van der Waals surface area contributed by atoms with E-state index in [2.05, 4.69) is 21.4 Å². The number of nitrogens with zero attached hydrogens (tertiary/aromatic N) is 3. The van der Waals surface area contributed by atoms with Crippen molar-refractivity contribution in [2.24, 2.45) is 0 Å². The number of hydrogen-bond donors (Lipinski definition) is 1. The van der Waals surface area contributed by atoms with E-state index in [4.69, 9.17) is 0 Å². The summed E-state index contributed by atoms with van der Waals surface area (Å²) in [5.74, 6) is -0.492. The van der Waals surface area contributed by atoms with Crippen molar-refractivity contribution in [3.8, 4) is 5.69 Å². The number of benzene rings is 2. The third-order valence-electron chi connectivity index (χ3n) is 5.09. The molecule has 144 valence electrons. The Balaban J connectivity index is 1.57. The second-order valence-corrected chi connectivity index (χ2v) is 6.95. The van der Waals surface area contributed by atoms with Gasteiger partial charge in [-0.2, -0.15) is 5.10 Å². The fraction of sp³-hybridized carbons (Fsp3) is 0.273. The van der Waals surface area contributed by atoms with E-state index in [0.29, 0.717) is 12.0 Å². The number of carbonyl (C=O) groups is 1. The van der Waals surface area contributed by atoms with Crippen LogP contribution in [0.2, 0.25) is 0 Å². The van der Waals surface area contributed by atoms with Crippen molar-refractivity contribution < 1.29 is 9.18 Å². The topological polar surface area (TPSA) is 50.2 Å². The summed E-state index contributed by atoms with van der Waals surface area (Å²) < 4.78 is 14.9. The first-order valence-corrected chi connectivity index (χ1v) is 9.65. The quantitative estimate of drug-likeness (QED) is 0.715. The molecule has 0 unspecified atom stereocenters. The highest BCUT2D eigenvalue weighted by molar-refractivity contribution is 6.05. The zero-order chi connectivity index (χ0) is 19.5. The maximum atomic E-state index is 13.2. The van der Waals surface area contributed by atoms with E-state index < -0.39 is 0 Å². The molecule has 1 aliphatic heterocycles. The zero-order valence-electron chi connectivity index (χ0n) is 15.9. The van der Waals surface area contributed by atoms with E-state index >= 15 is 0 Å². The number of rotatable bonds is 5. The Morgan fingerprint density at radius 3 is 2.57 bits per heavy atom. The number of aromatic nitrogens is 2. The molecule has 1 saturated heterocycles. The molecule has 1 aliphatic rings. The average molecular weight is 378 g/mol. The van der Waals surface area contributed by atoms with Crippen molar-refractivity contribution in [1.29, 1.82) is 0 Å². The van der Waals surface area contributed by atoms with Crippen LogP contribution in [0.15, 0.2) is 54.7 Å². The first-order chi connectivity index (χ1) is 13.7. The molecule has 1 aromatic heterocycles. The SMILES string of the molecule is CCc1c(C(=O)Nc2cccc(N3CCCC3)c2)cnn1-c1ccc(F)cc1. The van der Waals surface area contributed by atoms with Gasteiger partial charge in [-0.05, 0) is 61.7 Å².